The van der Waals surface area contributed by atoms with Gasteiger partial charge in [-0.1, -0.05) is 26.7 Å². The van der Waals surface area contributed by atoms with Crippen molar-refractivity contribution in [1.82, 2.24) is 10.2 Å². The second kappa shape index (κ2) is 10.9. The Bertz CT molecular complexity index is 402. The summed E-state index contributed by atoms with van der Waals surface area (Å²) in [5, 5.41) is 3.05. The van der Waals surface area contributed by atoms with Crippen molar-refractivity contribution in [3.8, 4) is 0 Å². The minimum absolute atomic E-state index is 0. The number of nitrogens with two attached hydrogens (primary N) is 1. The van der Waals surface area contributed by atoms with E-state index in [1.165, 1.54) is 38.8 Å². The van der Waals surface area contributed by atoms with E-state index >= 15 is 0 Å². The summed E-state index contributed by atoms with van der Waals surface area (Å²) >= 11 is 0. The number of likely N-dealkylation sites (tertiary alicyclic amines) is 1. The number of carbonyl (C=O) groups is 1. The smallest absolute Gasteiger partial charge is 0.240 e. The average molecular weight is 398 g/mol. The Morgan fingerprint density at radius 1 is 1.20 bits per heavy atom. The summed E-state index contributed by atoms with van der Waals surface area (Å²) < 4.78 is 5.69. The highest BCUT2D eigenvalue weighted by Gasteiger charge is 2.62. The van der Waals surface area contributed by atoms with Crippen molar-refractivity contribution in [2.24, 2.45) is 11.1 Å². The molecule has 1 amide bonds. The molecule has 5 nitrogen and oxygen atoms in total. The van der Waals surface area contributed by atoms with Gasteiger partial charge in [0, 0.05) is 25.0 Å². The predicted octanol–water partition coefficient (Wildman–Crippen LogP) is 2.74. The minimum atomic E-state index is -0.796. The molecule has 0 aromatic heterocycles. The lowest BCUT2D eigenvalue weighted by Gasteiger charge is -2.57. The molecule has 2 rings (SSSR count). The lowest BCUT2D eigenvalue weighted by atomic mass is 9.54. The fourth-order valence-electron chi connectivity index (χ4n) is 3.84. The first kappa shape index (κ1) is 24.9. The summed E-state index contributed by atoms with van der Waals surface area (Å²) in [5.41, 5.74) is 5.28. The van der Waals surface area contributed by atoms with E-state index in [4.69, 9.17) is 10.5 Å². The number of carbonyl (C=O) groups excluding carboxylic acids is 1. The number of halogens is 2. The van der Waals surface area contributed by atoms with Crippen molar-refractivity contribution < 1.29 is 9.53 Å². The first-order chi connectivity index (χ1) is 10.9. The van der Waals surface area contributed by atoms with E-state index in [1.807, 2.05) is 20.8 Å². The van der Waals surface area contributed by atoms with Crippen LogP contribution in [0.2, 0.25) is 0 Å². The van der Waals surface area contributed by atoms with Gasteiger partial charge in [0.25, 0.3) is 0 Å². The van der Waals surface area contributed by atoms with Crippen molar-refractivity contribution >= 4 is 30.7 Å². The molecule has 1 saturated carbocycles. The molecule has 2 aliphatic rings. The van der Waals surface area contributed by atoms with Crippen molar-refractivity contribution in [2.45, 2.75) is 70.9 Å². The van der Waals surface area contributed by atoms with Crippen LogP contribution >= 0.6 is 24.8 Å². The zero-order valence-corrected chi connectivity index (χ0v) is 17.6. The summed E-state index contributed by atoms with van der Waals surface area (Å²) in [6.45, 7) is 10.9. The van der Waals surface area contributed by atoms with E-state index in [0.29, 0.717) is 19.6 Å². The summed E-state index contributed by atoms with van der Waals surface area (Å²) in [7, 11) is 0. The Morgan fingerprint density at radius 3 is 2.32 bits per heavy atom. The predicted molar refractivity (Wildman–Crippen MR) is 108 cm³/mol. The third kappa shape index (κ3) is 5.70. The topological polar surface area (TPSA) is 67.6 Å². The highest BCUT2D eigenvalue weighted by atomic mass is 35.5. The average Bonchev–Trinajstić information content (AvgIpc) is 2.79. The van der Waals surface area contributed by atoms with Crippen LogP contribution in [0.4, 0.5) is 0 Å². The van der Waals surface area contributed by atoms with Crippen LogP contribution in [-0.2, 0) is 9.53 Å². The maximum absolute atomic E-state index is 12.5. The fraction of sp³-hybridized carbons (Fsp3) is 0.944. The molecule has 0 aromatic carbocycles. The van der Waals surface area contributed by atoms with Gasteiger partial charge < -0.3 is 20.7 Å². The molecule has 1 heterocycles. The van der Waals surface area contributed by atoms with Crippen LogP contribution in [0.5, 0.6) is 0 Å². The summed E-state index contributed by atoms with van der Waals surface area (Å²) in [5.74, 6) is -0.0191. The molecule has 2 fully saturated rings. The van der Waals surface area contributed by atoms with E-state index in [-0.39, 0.29) is 42.2 Å². The summed E-state index contributed by atoms with van der Waals surface area (Å²) in [4.78, 5) is 15.0. The van der Waals surface area contributed by atoms with E-state index in [0.717, 1.165) is 13.0 Å². The van der Waals surface area contributed by atoms with Crippen molar-refractivity contribution in [3.05, 3.63) is 0 Å². The van der Waals surface area contributed by atoms with Gasteiger partial charge in [0.1, 0.15) is 5.54 Å². The Morgan fingerprint density at radius 2 is 1.80 bits per heavy atom. The van der Waals surface area contributed by atoms with Gasteiger partial charge in [0.05, 0.1) is 6.10 Å². The van der Waals surface area contributed by atoms with Gasteiger partial charge in [-0.25, -0.2) is 0 Å². The van der Waals surface area contributed by atoms with Gasteiger partial charge in [-0.15, -0.1) is 24.8 Å². The zero-order valence-electron chi connectivity index (χ0n) is 16.0. The number of rotatable bonds is 7. The van der Waals surface area contributed by atoms with Gasteiger partial charge >= 0.3 is 0 Å². The third-order valence-electron chi connectivity index (χ3n) is 5.87. The molecule has 2 unspecified atom stereocenters. The number of hydrogen-bond acceptors (Lipinski definition) is 4. The van der Waals surface area contributed by atoms with Crippen molar-refractivity contribution in [3.63, 3.8) is 0 Å². The molecule has 0 bridgehead atoms. The maximum Gasteiger partial charge on any atom is 0.240 e. The number of nitrogens with one attached hydrogen (secondary N) is 1. The van der Waals surface area contributed by atoms with Gasteiger partial charge in [0.15, 0.2) is 0 Å². The van der Waals surface area contributed by atoms with E-state index in [9.17, 15) is 4.79 Å². The Labute approximate surface area is 165 Å². The molecule has 0 radical (unpaired) electrons. The van der Waals surface area contributed by atoms with Crippen molar-refractivity contribution in [1.29, 1.82) is 0 Å². The first-order valence-electron chi connectivity index (χ1n) is 9.33. The second-order valence-electron chi connectivity index (χ2n) is 7.71. The van der Waals surface area contributed by atoms with Crippen molar-refractivity contribution in [2.75, 3.05) is 32.8 Å². The Hall–Kier alpha value is -0.0700. The van der Waals surface area contributed by atoms with Gasteiger partial charge in [-0.3, -0.25) is 4.79 Å². The molecule has 25 heavy (non-hydrogen) atoms. The van der Waals surface area contributed by atoms with Crippen LogP contribution in [-0.4, -0.2) is 55.2 Å². The van der Waals surface area contributed by atoms with Crippen LogP contribution in [0.25, 0.3) is 0 Å². The number of ether oxygens (including phenoxy) is 1. The van der Waals surface area contributed by atoms with E-state index in [1.54, 1.807) is 0 Å². The molecule has 1 saturated heterocycles. The lowest BCUT2D eigenvalue weighted by molar-refractivity contribution is -0.170. The molecular formula is C18H37Cl2N3O2. The molecule has 0 spiro atoms. The molecule has 150 valence electrons. The second-order valence-corrected chi connectivity index (χ2v) is 7.71. The number of amides is 1. The van der Waals surface area contributed by atoms with Gasteiger partial charge in [0.2, 0.25) is 5.91 Å². The maximum atomic E-state index is 12.5. The SMILES string of the molecule is CCOC1CC(N)(C(=O)NCCCN2CCCCCC2)C1(C)C.Cl.Cl. The van der Waals surface area contributed by atoms with Gasteiger partial charge in [-0.2, -0.15) is 0 Å². The van der Waals surface area contributed by atoms with Gasteiger partial charge in [-0.05, 0) is 45.8 Å². The summed E-state index contributed by atoms with van der Waals surface area (Å²) in [6, 6.07) is 0. The highest BCUT2D eigenvalue weighted by molar-refractivity contribution is 5.88. The molecule has 3 N–H and O–H groups in total. The zero-order chi connectivity index (χ0) is 16.9. The van der Waals surface area contributed by atoms with E-state index < -0.39 is 5.54 Å². The van der Waals surface area contributed by atoms with E-state index in [2.05, 4.69) is 10.2 Å². The van der Waals surface area contributed by atoms with Crippen LogP contribution in [0.3, 0.4) is 0 Å². The molecule has 7 heteroatoms. The monoisotopic (exact) mass is 397 g/mol. The van der Waals surface area contributed by atoms with Crippen LogP contribution in [0.15, 0.2) is 0 Å². The molecular weight excluding hydrogens is 361 g/mol. The standard InChI is InChI=1S/C18H35N3O2.2ClH/c1-4-23-15-14-18(19,17(15,2)3)16(22)20-10-9-13-21-11-7-5-6-8-12-21;;/h15H,4-14,19H2,1-3H3,(H,20,22);2*1H. The Kier molecular flexibility index (Phi) is 10.9. The number of nitrogens with zero attached hydrogens (tertiary/aromatic N) is 1. The van der Waals surface area contributed by atoms with Crippen LogP contribution < -0.4 is 11.1 Å². The molecule has 2 atom stereocenters. The fourth-order valence-corrected chi connectivity index (χ4v) is 3.84. The number of hydrogen-bond donors (Lipinski definition) is 2. The quantitative estimate of drug-likeness (QED) is 0.647. The highest BCUT2D eigenvalue weighted by Crippen LogP contribution is 2.49. The molecule has 0 aromatic rings. The van der Waals surface area contributed by atoms with Crippen LogP contribution in [0.1, 0.15) is 59.3 Å². The first-order valence-corrected chi connectivity index (χ1v) is 9.33. The Balaban J connectivity index is 0.00000288. The normalized spacial score (nSPS) is 28.7. The lowest BCUT2D eigenvalue weighted by Crippen LogP contribution is -2.75. The third-order valence-corrected chi connectivity index (χ3v) is 5.87. The largest absolute Gasteiger partial charge is 0.378 e. The molecule has 1 aliphatic heterocycles. The molecule has 1 aliphatic carbocycles. The minimum Gasteiger partial charge on any atom is -0.378 e. The summed E-state index contributed by atoms with van der Waals surface area (Å²) in [6.07, 6.45) is 7.04. The van der Waals surface area contributed by atoms with Crippen LogP contribution in [0, 0.1) is 5.41 Å².